The van der Waals surface area contributed by atoms with Crippen LogP contribution in [0.1, 0.15) is 11.1 Å². The van der Waals surface area contributed by atoms with Crippen LogP contribution in [0, 0.1) is 6.92 Å². The highest BCUT2D eigenvalue weighted by atomic mass is 16.5. The minimum Gasteiger partial charge on any atom is -0.438 e. The zero-order valence-corrected chi connectivity index (χ0v) is 17.8. The van der Waals surface area contributed by atoms with Gasteiger partial charge >= 0.3 is 5.97 Å². The molecule has 0 radical (unpaired) electrons. The number of hydrogen-bond donors (Lipinski definition) is 1. The SMILES string of the molecule is CNc1nccc(-c2cccnc2Oc2ccc(CC(=O)Oc3ccccc3)cc2C)n1. The van der Waals surface area contributed by atoms with Gasteiger partial charge in [0.15, 0.2) is 0 Å². The van der Waals surface area contributed by atoms with Crippen LogP contribution < -0.4 is 14.8 Å². The van der Waals surface area contributed by atoms with Crippen LogP contribution in [0.5, 0.6) is 17.4 Å². The van der Waals surface area contributed by atoms with E-state index < -0.39 is 0 Å². The first-order valence-electron chi connectivity index (χ1n) is 10.1. The number of aryl methyl sites for hydroxylation is 1. The maximum absolute atomic E-state index is 12.2. The molecule has 2 aromatic carbocycles. The first-order valence-corrected chi connectivity index (χ1v) is 10.1. The van der Waals surface area contributed by atoms with Crippen molar-refractivity contribution in [3.8, 4) is 28.6 Å². The number of pyridine rings is 1. The third-order valence-corrected chi connectivity index (χ3v) is 4.70. The third-order valence-electron chi connectivity index (χ3n) is 4.70. The van der Waals surface area contributed by atoms with E-state index in [1.807, 2.05) is 55.5 Å². The van der Waals surface area contributed by atoms with Crippen molar-refractivity contribution in [3.63, 3.8) is 0 Å². The molecule has 0 spiro atoms. The van der Waals surface area contributed by atoms with Crippen molar-refractivity contribution in [1.82, 2.24) is 15.0 Å². The lowest BCUT2D eigenvalue weighted by molar-refractivity contribution is -0.133. The number of hydrogen-bond acceptors (Lipinski definition) is 7. The summed E-state index contributed by atoms with van der Waals surface area (Å²) in [5, 5.41) is 2.93. The zero-order valence-electron chi connectivity index (χ0n) is 17.8. The number of benzene rings is 2. The minimum absolute atomic E-state index is 0.165. The molecule has 0 atom stereocenters. The topological polar surface area (TPSA) is 86.2 Å². The van der Waals surface area contributed by atoms with Crippen LogP contribution in [0.25, 0.3) is 11.3 Å². The van der Waals surface area contributed by atoms with Gasteiger partial charge in [-0.25, -0.2) is 15.0 Å². The van der Waals surface area contributed by atoms with Crippen LogP contribution in [0.3, 0.4) is 0 Å². The number of aromatic nitrogens is 3. The Morgan fingerprint density at radius 3 is 2.59 bits per heavy atom. The van der Waals surface area contributed by atoms with Crippen molar-refractivity contribution in [2.75, 3.05) is 12.4 Å². The van der Waals surface area contributed by atoms with Gasteiger partial charge < -0.3 is 14.8 Å². The van der Waals surface area contributed by atoms with E-state index in [1.165, 1.54) is 0 Å². The highest BCUT2D eigenvalue weighted by Gasteiger charge is 2.13. The van der Waals surface area contributed by atoms with Crippen molar-refractivity contribution in [2.24, 2.45) is 0 Å². The van der Waals surface area contributed by atoms with Crippen LogP contribution in [-0.4, -0.2) is 28.0 Å². The monoisotopic (exact) mass is 426 g/mol. The van der Waals surface area contributed by atoms with E-state index in [2.05, 4.69) is 20.3 Å². The molecule has 7 heteroatoms. The van der Waals surface area contributed by atoms with Gasteiger partial charge in [0.05, 0.1) is 17.7 Å². The number of anilines is 1. The molecular weight excluding hydrogens is 404 g/mol. The average molecular weight is 426 g/mol. The van der Waals surface area contributed by atoms with Crippen LogP contribution in [-0.2, 0) is 11.2 Å². The third kappa shape index (κ3) is 5.07. The summed E-state index contributed by atoms with van der Waals surface area (Å²) in [6.07, 6.45) is 3.51. The van der Waals surface area contributed by atoms with Gasteiger partial charge in [-0.05, 0) is 54.4 Å². The number of carbonyl (C=O) groups excluding carboxylic acids is 1. The van der Waals surface area contributed by atoms with E-state index in [-0.39, 0.29) is 12.4 Å². The summed E-state index contributed by atoms with van der Waals surface area (Å²) in [4.78, 5) is 25.3. The standard InChI is InChI=1S/C25H22N4O3/c1-17-15-18(16-23(30)31-19-7-4-3-5-8-19)10-11-22(17)32-24-20(9-6-13-27-24)21-12-14-28-25(26-2)29-21/h3-15H,16H2,1-2H3,(H,26,28,29). The molecule has 7 nitrogen and oxygen atoms in total. The number of para-hydroxylation sites is 1. The van der Waals surface area contributed by atoms with Gasteiger partial charge in [-0.1, -0.05) is 30.3 Å². The Bertz CT molecular complexity index is 1230. The predicted molar refractivity (Wildman–Crippen MR) is 122 cm³/mol. The van der Waals surface area contributed by atoms with E-state index in [0.717, 1.165) is 16.7 Å². The molecule has 1 N–H and O–H groups in total. The molecule has 2 heterocycles. The van der Waals surface area contributed by atoms with Crippen LogP contribution >= 0.6 is 0 Å². The van der Waals surface area contributed by atoms with E-state index in [0.29, 0.717) is 29.0 Å². The summed E-state index contributed by atoms with van der Waals surface area (Å²) in [6.45, 7) is 1.92. The Balaban J connectivity index is 1.50. The molecule has 0 saturated carbocycles. The smallest absolute Gasteiger partial charge is 0.315 e. The lowest BCUT2D eigenvalue weighted by Gasteiger charge is -2.13. The Labute approximate surface area is 186 Å². The summed E-state index contributed by atoms with van der Waals surface area (Å²) in [5.74, 6) is 1.81. The van der Waals surface area contributed by atoms with Crippen molar-refractivity contribution in [3.05, 3.63) is 90.3 Å². The fourth-order valence-electron chi connectivity index (χ4n) is 3.16. The molecule has 0 aliphatic carbocycles. The van der Waals surface area contributed by atoms with Crippen LogP contribution in [0.2, 0.25) is 0 Å². The van der Waals surface area contributed by atoms with Gasteiger partial charge in [-0.15, -0.1) is 0 Å². The minimum atomic E-state index is -0.319. The van der Waals surface area contributed by atoms with Crippen molar-refractivity contribution in [1.29, 1.82) is 0 Å². The number of ether oxygens (including phenoxy) is 2. The number of carbonyl (C=O) groups is 1. The zero-order chi connectivity index (χ0) is 22.3. The molecule has 4 aromatic rings. The molecule has 0 bridgehead atoms. The van der Waals surface area contributed by atoms with Gasteiger partial charge in [0.2, 0.25) is 11.8 Å². The Hall–Kier alpha value is -4.26. The summed E-state index contributed by atoms with van der Waals surface area (Å²) >= 11 is 0. The van der Waals surface area contributed by atoms with Gasteiger partial charge in [0.1, 0.15) is 11.5 Å². The molecule has 0 aliphatic rings. The van der Waals surface area contributed by atoms with Gasteiger partial charge in [-0.3, -0.25) is 4.79 Å². The first-order chi connectivity index (χ1) is 15.6. The van der Waals surface area contributed by atoms with Crippen LogP contribution in [0.4, 0.5) is 5.95 Å². The Kier molecular flexibility index (Phi) is 6.36. The second-order valence-corrected chi connectivity index (χ2v) is 7.04. The largest absolute Gasteiger partial charge is 0.438 e. The first kappa shape index (κ1) is 21.0. The molecule has 0 saturated heterocycles. The van der Waals surface area contributed by atoms with Crippen molar-refractivity contribution >= 4 is 11.9 Å². The Morgan fingerprint density at radius 2 is 1.81 bits per heavy atom. The summed E-state index contributed by atoms with van der Waals surface area (Å²) in [6, 6.07) is 20.1. The molecule has 0 aliphatic heterocycles. The van der Waals surface area contributed by atoms with Crippen molar-refractivity contribution < 1.29 is 14.3 Å². The Morgan fingerprint density at radius 1 is 0.969 bits per heavy atom. The fraction of sp³-hybridized carbons (Fsp3) is 0.120. The number of nitrogens with one attached hydrogen (secondary N) is 1. The second kappa shape index (κ2) is 9.70. The maximum Gasteiger partial charge on any atom is 0.315 e. The van der Waals surface area contributed by atoms with Crippen molar-refractivity contribution in [2.45, 2.75) is 13.3 Å². The molecule has 0 amide bonds. The summed E-state index contributed by atoms with van der Waals surface area (Å²) in [7, 11) is 1.76. The van der Waals surface area contributed by atoms with Gasteiger partial charge in [-0.2, -0.15) is 0 Å². The van der Waals surface area contributed by atoms with Gasteiger partial charge in [0, 0.05) is 19.4 Å². The average Bonchev–Trinajstić information content (AvgIpc) is 2.82. The summed E-state index contributed by atoms with van der Waals surface area (Å²) < 4.78 is 11.5. The predicted octanol–water partition coefficient (Wildman–Crippen LogP) is 4.83. The van der Waals surface area contributed by atoms with Crippen LogP contribution in [0.15, 0.2) is 79.1 Å². The van der Waals surface area contributed by atoms with E-state index >= 15 is 0 Å². The normalized spacial score (nSPS) is 10.4. The molecule has 0 unspecified atom stereocenters. The molecule has 160 valence electrons. The lowest BCUT2D eigenvalue weighted by Crippen LogP contribution is -2.11. The van der Waals surface area contributed by atoms with E-state index in [1.54, 1.807) is 37.6 Å². The van der Waals surface area contributed by atoms with E-state index in [4.69, 9.17) is 9.47 Å². The molecular formula is C25H22N4O3. The fourth-order valence-corrected chi connectivity index (χ4v) is 3.16. The lowest BCUT2D eigenvalue weighted by atomic mass is 10.1. The molecule has 4 rings (SSSR count). The van der Waals surface area contributed by atoms with E-state index in [9.17, 15) is 4.79 Å². The molecule has 0 fully saturated rings. The number of nitrogens with zero attached hydrogens (tertiary/aromatic N) is 3. The molecule has 2 aromatic heterocycles. The summed E-state index contributed by atoms with van der Waals surface area (Å²) in [5.41, 5.74) is 3.17. The number of esters is 1. The molecule has 32 heavy (non-hydrogen) atoms. The number of rotatable bonds is 7. The maximum atomic E-state index is 12.2. The highest BCUT2D eigenvalue weighted by Crippen LogP contribution is 2.32. The van der Waals surface area contributed by atoms with Gasteiger partial charge in [0.25, 0.3) is 0 Å². The quantitative estimate of drug-likeness (QED) is 0.335. The second-order valence-electron chi connectivity index (χ2n) is 7.04. The highest BCUT2D eigenvalue weighted by molar-refractivity contribution is 5.75.